The second-order valence-electron chi connectivity index (χ2n) is 11.0. The summed E-state index contributed by atoms with van der Waals surface area (Å²) in [7, 11) is 0. The van der Waals surface area contributed by atoms with Gasteiger partial charge in [-0.1, -0.05) is 31.5 Å². The van der Waals surface area contributed by atoms with Gasteiger partial charge < -0.3 is 19.9 Å². The van der Waals surface area contributed by atoms with Gasteiger partial charge in [-0.05, 0) is 72.9 Å². The number of ether oxygens (including phenoxy) is 2. The molecule has 1 saturated heterocycles. The summed E-state index contributed by atoms with van der Waals surface area (Å²) in [4.78, 5) is 30.8. The fourth-order valence-electron chi connectivity index (χ4n) is 5.34. The third-order valence-corrected chi connectivity index (χ3v) is 7.93. The van der Waals surface area contributed by atoms with E-state index in [2.05, 4.69) is 10.3 Å². The van der Waals surface area contributed by atoms with Crippen molar-refractivity contribution >= 4 is 11.9 Å². The van der Waals surface area contributed by atoms with Crippen LogP contribution in [0.25, 0.3) is 0 Å². The van der Waals surface area contributed by atoms with E-state index in [4.69, 9.17) is 9.47 Å². The van der Waals surface area contributed by atoms with Gasteiger partial charge in [0.1, 0.15) is 22.8 Å². The number of pyridine rings is 1. The lowest BCUT2D eigenvalue weighted by Gasteiger charge is -2.32. The van der Waals surface area contributed by atoms with Gasteiger partial charge in [-0.15, -0.1) is 0 Å². The molecule has 2 N–H and O–H groups in total. The molecule has 2 aliphatic heterocycles. The Morgan fingerprint density at radius 1 is 1.00 bits per heavy atom. The van der Waals surface area contributed by atoms with E-state index in [1.165, 1.54) is 12.1 Å². The van der Waals surface area contributed by atoms with Gasteiger partial charge in [0.05, 0.1) is 18.0 Å². The first kappa shape index (κ1) is 32.1. The minimum atomic E-state index is -6.06. The lowest BCUT2D eigenvalue weighted by Crippen LogP contribution is -2.54. The topological polar surface area (TPSA) is 101 Å². The lowest BCUT2D eigenvalue weighted by molar-refractivity contribution is -0.377. The molecule has 1 fully saturated rings. The fourth-order valence-corrected chi connectivity index (χ4v) is 5.34. The van der Waals surface area contributed by atoms with Gasteiger partial charge in [-0.3, -0.25) is 14.7 Å². The third kappa shape index (κ3) is 5.78. The smallest absolute Gasteiger partial charge is 0.432 e. The van der Waals surface area contributed by atoms with Crippen LogP contribution in [0, 0.1) is 0 Å². The number of halogens is 6. The highest BCUT2D eigenvalue weighted by molar-refractivity contribution is 6.07. The number of benzene rings is 2. The van der Waals surface area contributed by atoms with Gasteiger partial charge in [0.2, 0.25) is 0 Å². The maximum absolute atomic E-state index is 13.4. The molecule has 8 nitrogen and oxygen atoms in total. The summed E-state index contributed by atoms with van der Waals surface area (Å²) in [5.74, 6) is 0.509. The molecule has 3 heterocycles. The Morgan fingerprint density at radius 3 is 2.33 bits per heavy atom. The van der Waals surface area contributed by atoms with E-state index in [9.17, 15) is 41.0 Å². The zero-order valence-corrected chi connectivity index (χ0v) is 24.2. The number of carbonyl (C=O) groups is 2. The predicted molar refractivity (Wildman–Crippen MR) is 148 cm³/mol. The molecule has 0 radical (unpaired) electrons. The molecule has 0 spiro atoms. The first-order valence-electron chi connectivity index (χ1n) is 14.1. The highest BCUT2D eigenvalue weighted by Crippen LogP contribution is 2.50. The number of imide groups is 1. The molecule has 3 amide bonds. The second-order valence-corrected chi connectivity index (χ2v) is 11.0. The monoisotopic (exact) mass is 637 g/mol. The number of fused-ring (bicyclic) bond motifs is 1. The van der Waals surface area contributed by atoms with Crippen molar-refractivity contribution < 1.29 is 50.5 Å². The van der Waals surface area contributed by atoms with Crippen LogP contribution in [0.2, 0.25) is 0 Å². The quantitative estimate of drug-likeness (QED) is 0.218. The summed E-state index contributed by atoms with van der Waals surface area (Å²) in [5, 5.41) is 12.5. The van der Waals surface area contributed by atoms with Crippen LogP contribution in [0.15, 0.2) is 54.6 Å². The molecule has 14 heteroatoms. The molecule has 3 aromatic rings. The first-order chi connectivity index (χ1) is 21.1. The van der Waals surface area contributed by atoms with E-state index in [1.54, 1.807) is 38.1 Å². The molecule has 1 atom stereocenters. The summed E-state index contributed by atoms with van der Waals surface area (Å²) < 4.78 is 91.4. The van der Waals surface area contributed by atoms with Gasteiger partial charge in [0.15, 0.2) is 0 Å². The van der Waals surface area contributed by atoms with Crippen molar-refractivity contribution in [2.75, 3.05) is 13.2 Å². The maximum atomic E-state index is 13.4. The van der Waals surface area contributed by atoms with E-state index in [0.29, 0.717) is 37.5 Å². The van der Waals surface area contributed by atoms with Gasteiger partial charge in [0, 0.05) is 13.0 Å². The molecule has 240 valence electrons. The molecular formula is C31H29F6N3O5. The van der Waals surface area contributed by atoms with E-state index in [-0.39, 0.29) is 30.2 Å². The number of hydrogen-bond donors (Lipinski definition) is 2. The van der Waals surface area contributed by atoms with Crippen LogP contribution in [0.3, 0.4) is 0 Å². The molecule has 0 saturated carbocycles. The van der Waals surface area contributed by atoms with Gasteiger partial charge in [0.25, 0.3) is 11.5 Å². The van der Waals surface area contributed by atoms with Crippen molar-refractivity contribution in [2.24, 2.45) is 0 Å². The fraction of sp³-hybridized carbons (Fsp3) is 0.387. The molecule has 45 heavy (non-hydrogen) atoms. The van der Waals surface area contributed by atoms with Crippen LogP contribution in [0.1, 0.15) is 48.3 Å². The molecule has 5 rings (SSSR count). The number of aromatic nitrogens is 1. The molecule has 2 aliphatic rings. The van der Waals surface area contributed by atoms with Crippen molar-refractivity contribution in [1.82, 2.24) is 15.2 Å². The highest BCUT2D eigenvalue weighted by Gasteiger charge is 2.72. The Hall–Kier alpha value is -4.33. The SMILES string of the molecule is CCCc1nc(C(O)(C(F)(F)F)C(F)(F)F)ccc1Oc1ccc(CCN2C(=O)NC(C)(c3ccc4c(c3)CCO4)C2=O)cc1. The van der Waals surface area contributed by atoms with Crippen LogP contribution in [0.5, 0.6) is 17.2 Å². The molecule has 0 aliphatic carbocycles. The van der Waals surface area contributed by atoms with E-state index >= 15 is 0 Å². The molecule has 1 aromatic heterocycles. The summed E-state index contributed by atoms with van der Waals surface area (Å²) in [6.45, 7) is 3.95. The molecular weight excluding hydrogens is 608 g/mol. The molecule has 2 aromatic carbocycles. The number of alkyl halides is 6. The summed E-state index contributed by atoms with van der Waals surface area (Å²) >= 11 is 0. The maximum Gasteiger partial charge on any atom is 0.432 e. The third-order valence-electron chi connectivity index (χ3n) is 7.93. The Bertz CT molecular complexity index is 1590. The summed E-state index contributed by atoms with van der Waals surface area (Å²) in [6.07, 6.45) is -10.8. The number of aryl methyl sites for hydroxylation is 1. The number of nitrogens with zero attached hydrogens (tertiary/aromatic N) is 2. The Kier molecular flexibility index (Phi) is 8.23. The van der Waals surface area contributed by atoms with Crippen LogP contribution >= 0.6 is 0 Å². The number of amides is 3. The Morgan fingerprint density at radius 2 is 1.69 bits per heavy atom. The zero-order valence-electron chi connectivity index (χ0n) is 24.2. The Labute approximate surface area is 254 Å². The largest absolute Gasteiger partial charge is 0.493 e. The number of aliphatic hydroxyl groups is 1. The average molecular weight is 638 g/mol. The van der Waals surface area contributed by atoms with E-state index in [0.717, 1.165) is 27.8 Å². The minimum Gasteiger partial charge on any atom is -0.493 e. The predicted octanol–water partition coefficient (Wildman–Crippen LogP) is 6.08. The number of carbonyl (C=O) groups excluding carboxylic acids is 2. The number of nitrogens with one attached hydrogen (secondary N) is 1. The van der Waals surface area contributed by atoms with Gasteiger partial charge in [-0.2, -0.15) is 26.3 Å². The van der Waals surface area contributed by atoms with Crippen molar-refractivity contribution in [3.63, 3.8) is 0 Å². The standard InChI is InChI=1S/C31H29F6N3O5/c1-3-4-22-24(11-12-25(38-22)29(43,30(32,33)34)31(35,36)37)45-21-8-5-18(6-9-21)13-15-40-26(41)28(2,39-27(40)42)20-7-10-23-19(17-20)14-16-44-23/h5-12,17,43H,3-4,13-16H2,1-2H3,(H,39,42). The van der Waals surface area contributed by atoms with Crippen molar-refractivity contribution in [3.8, 4) is 17.2 Å². The summed E-state index contributed by atoms with van der Waals surface area (Å²) in [6, 6.07) is 12.6. The number of urea groups is 1. The van der Waals surface area contributed by atoms with E-state index in [1.807, 2.05) is 6.07 Å². The number of rotatable bonds is 9. The van der Waals surface area contributed by atoms with Crippen molar-refractivity contribution in [1.29, 1.82) is 0 Å². The lowest BCUT2D eigenvalue weighted by atomic mass is 9.90. The zero-order chi connectivity index (χ0) is 32.8. The van der Waals surface area contributed by atoms with Crippen LogP contribution in [-0.2, 0) is 35.2 Å². The van der Waals surface area contributed by atoms with Crippen LogP contribution in [0.4, 0.5) is 31.1 Å². The first-order valence-corrected chi connectivity index (χ1v) is 14.1. The van der Waals surface area contributed by atoms with Gasteiger partial charge in [-0.25, -0.2) is 4.79 Å². The van der Waals surface area contributed by atoms with E-state index < -0.39 is 41.1 Å². The van der Waals surface area contributed by atoms with Gasteiger partial charge >= 0.3 is 18.4 Å². The molecule has 0 bridgehead atoms. The van der Waals surface area contributed by atoms with Crippen LogP contribution in [-0.4, -0.2) is 52.4 Å². The molecule has 1 unspecified atom stereocenters. The average Bonchev–Trinajstić information content (AvgIpc) is 3.53. The van der Waals surface area contributed by atoms with Crippen molar-refractivity contribution in [3.05, 3.63) is 82.7 Å². The normalized spacial score (nSPS) is 18.6. The second kappa shape index (κ2) is 11.5. The highest BCUT2D eigenvalue weighted by atomic mass is 19.4. The minimum absolute atomic E-state index is 0.0167. The van der Waals surface area contributed by atoms with Crippen molar-refractivity contribution in [2.45, 2.75) is 63.0 Å². The summed E-state index contributed by atoms with van der Waals surface area (Å²) in [5.41, 5.74) is -5.83. The Balaban J connectivity index is 1.27. The number of hydrogen-bond acceptors (Lipinski definition) is 6. The van der Waals surface area contributed by atoms with Crippen LogP contribution < -0.4 is 14.8 Å².